The number of carbonyl (C=O) groups excluding carboxylic acids is 2. The van der Waals surface area contributed by atoms with Crippen LogP contribution in [0.5, 0.6) is 5.75 Å². The molecule has 2 amide bonds. The highest BCUT2D eigenvalue weighted by atomic mass is 16.5. The van der Waals surface area contributed by atoms with Crippen molar-refractivity contribution in [3.8, 4) is 16.9 Å². The van der Waals surface area contributed by atoms with Crippen molar-refractivity contribution in [2.75, 3.05) is 38.2 Å². The minimum atomic E-state index is -0.125. The molecule has 5 aromatic rings. The standard InChI is InChI=1S/C40H35N5O3/c1-48-38-25-29(13-15-35(38)34-11-6-9-28-7-2-4-10-33(28)34)39(46)45-27-32-14-16-37(44(32)26-30-8-3-5-12-36(30)45)40(47)43-23-21-42(22-24-43)31-17-19-41-20-18-31/h2-4,6-20,25-26H,5,21-24,27H2,1H3. The lowest BCUT2D eigenvalue weighted by molar-refractivity contribution is 0.0739. The molecular formula is C40H35N5O3. The summed E-state index contributed by atoms with van der Waals surface area (Å²) in [5, 5.41) is 2.27. The number of hydrogen-bond donors (Lipinski definition) is 0. The number of carbonyl (C=O) groups is 2. The quantitative estimate of drug-likeness (QED) is 0.208. The second-order valence-corrected chi connectivity index (χ2v) is 12.2. The molecule has 8 nitrogen and oxygen atoms in total. The fraction of sp³-hybridized carbons (Fsp3) is 0.175. The molecule has 3 aliphatic rings. The van der Waals surface area contributed by atoms with Crippen LogP contribution in [0, 0.1) is 0 Å². The van der Waals surface area contributed by atoms with Gasteiger partial charge in [0.1, 0.15) is 11.4 Å². The van der Waals surface area contributed by atoms with Gasteiger partial charge in [-0.05, 0) is 65.2 Å². The molecule has 0 saturated carbocycles. The van der Waals surface area contributed by atoms with E-state index in [1.54, 1.807) is 19.5 Å². The maximum atomic E-state index is 14.4. The average molecular weight is 634 g/mol. The summed E-state index contributed by atoms with van der Waals surface area (Å²) in [7, 11) is 1.64. The minimum absolute atomic E-state index is 0.00802. The van der Waals surface area contributed by atoms with Gasteiger partial charge in [0.2, 0.25) is 0 Å². The van der Waals surface area contributed by atoms with Gasteiger partial charge in [-0.15, -0.1) is 0 Å². The van der Waals surface area contributed by atoms with Gasteiger partial charge >= 0.3 is 0 Å². The van der Waals surface area contributed by atoms with E-state index >= 15 is 0 Å². The molecule has 8 heteroatoms. The predicted octanol–water partition coefficient (Wildman–Crippen LogP) is 7.02. The molecule has 0 N–H and O–H groups in total. The summed E-state index contributed by atoms with van der Waals surface area (Å²) < 4.78 is 7.84. The second kappa shape index (κ2) is 12.4. The number of rotatable bonds is 5. The number of aromatic nitrogens is 2. The lowest BCUT2D eigenvalue weighted by Crippen LogP contribution is -2.49. The molecule has 0 atom stereocenters. The Kier molecular flexibility index (Phi) is 7.61. The predicted molar refractivity (Wildman–Crippen MR) is 189 cm³/mol. The van der Waals surface area contributed by atoms with Gasteiger partial charge in [0.25, 0.3) is 11.8 Å². The van der Waals surface area contributed by atoms with Gasteiger partial charge in [-0.25, -0.2) is 0 Å². The molecule has 3 aromatic carbocycles. The zero-order valence-electron chi connectivity index (χ0n) is 26.8. The summed E-state index contributed by atoms with van der Waals surface area (Å²) in [6.45, 7) is 3.10. The number of hydrogen-bond acceptors (Lipinski definition) is 5. The Morgan fingerprint density at radius 2 is 1.62 bits per heavy atom. The number of methoxy groups -OCH3 is 1. The summed E-state index contributed by atoms with van der Waals surface area (Å²) in [6.07, 6.45) is 12.5. The fourth-order valence-electron chi connectivity index (χ4n) is 7.01. The zero-order chi connectivity index (χ0) is 32.6. The van der Waals surface area contributed by atoms with Crippen LogP contribution in [0.2, 0.25) is 0 Å². The molecule has 0 bridgehead atoms. The van der Waals surface area contributed by atoms with Gasteiger partial charge in [0.05, 0.1) is 13.7 Å². The van der Waals surface area contributed by atoms with E-state index in [0.717, 1.165) is 64.1 Å². The van der Waals surface area contributed by atoms with Crippen molar-refractivity contribution in [1.29, 1.82) is 0 Å². The van der Waals surface area contributed by atoms with Crippen molar-refractivity contribution in [2.24, 2.45) is 0 Å². The first kappa shape index (κ1) is 29.5. The smallest absolute Gasteiger partial charge is 0.270 e. The van der Waals surface area contributed by atoms with E-state index in [-0.39, 0.29) is 11.8 Å². The maximum Gasteiger partial charge on any atom is 0.270 e. The van der Waals surface area contributed by atoms with E-state index in [0.29, 0.717) is 36.6 Å². The monoisotopic (exact) mass is 633 g/mol. The lowest BCUT2D eigenvalue weighted by Gasteiger charge is -2.36. The minimum Gasteiger partial charge on any atom is -0.496 e. The van der Waals surface area contributed by atoms with Crippen LogP contribution >= 0.6 is 0 Å². The Hall–Kier alpha value is -5.89. The van der Waals surface area contributed by atoms with E-state index in [1.165, 1.54) is 0 Å². The summed E-state index contributed by atoms with van der Waals surface area (Å²) in [4.78, 5) is 38.4. The molecule has 1 aliphatic carbocycles. The van der Waals surface area contributed by atoms with Gasteiger partial charge < -0.3 is 24.0 Å². The fourth-order valence-corrected chi connectivity index (χ4v) is 7.01. The van der Waals surface area contributed by atoms with Crippen molar-refractivity contribution in [3.63, 3.8) is 0 Å². The number of piperazine rings is 1. The number of allylic oxidation sites excluding steroid dienone is 3. The number of nitrogens with zero attached hydrogens (tertiary/aromatic N) is 5. The van der Waals surface area contributed by atoms with Gasteiger partial charge in [0, 0.05) is 78.6 Å². The Bertz CT molecular complexity index is 2130. The number of ether oxygens (including phenoxy) is 1. The summed E-state index contributed by atoms with van der Waals surface area (Å²) in [5.41, 5.74) is 6.84. The molecule has 1 saturated heterocycles. The molecule has 48 heavy (non-hydrogen) atoms. The molecular weight excluding hydrogens is 598 g/mol. The molecule has 0 spiro atoms. The molecule has 4 heterocycles. The highest BCUT2D eigenvalue weighted by Gasteiger charge is 2.30. The summed E-state index contributed by atoms with van der Waals surface area (Å²) in [6, 6.07) is 28.0. The summed E-state index contributed by atoms with van der Waals surface area (Å²) >= 11 is 0. The van der Waals surface area contributed by atoms with Crippen LogP contribution in [0.4, 0.5) is 5.69 Å². The van der Waals surface area contributed by atoms with E-state index < -0.39 is 0 Å². The number of amides is 2. The first-order valence-electron chi connectivity index (χ1n) is 16.3. The van der Waals surface area contributed by atoms with Crippen LogP contribution < -0.4 is 9.64 Å². The van der Waals surface area contributed by atoms with Crippen LogP contribution in [0.15, 0.2) is 127 Å². The third-order valence-electron chi connectivity index (χ3n) is 9.51. The topological polar surface area (TPSA) is 70.9 Å². The molecule has 0 radical (unpaired) electrons. The molecule has 1 fully saturated rings. The van der Waals surface area contributed by atoms with Crippen LogP contribution in [0.1, 0.15) is 33.0 Å². The van der Waals surface area contributed by atoms with E-state index in [4.69, 9.17) is 4.74 Å². The van der Waals surface area contributed by atoms with Crippen LogP contribution in [0.25, 0.3) is 28.1 Å². The second-order valence-electron chi connectivity index (χ2n) is 12.2. The third-order valence-corrected chi connectivity index (χ3v) is 9.51. The van der Waals surface area contributed by atoms with E-state index in [1.807, 2.05) is 87.3 Å². The molecule has 8 rings (SSSR count). The van der Waals surface area contributed by atoms with Crippen LogP contribution in [-0.4, -0.2) is 64.5 Å². The van der Waals surface area contributed by atoms with Crippen LogP contribution in [0.3, 0.4) is 0 Å². The number of fused-ring (bicyclic) bond motifs is 3. The largest absolute Gasteiger partial charge is 0.496 e. The average Bonchev–Trinajstić information content (AvgIpc) is 3.46. The Balaban J connectivity index is 1.08. The van der Waals surface area contributed by atoms with Crippen molar-refractivity contribution in [3.05, 3.63) is 144 Å². The van der Waals surface area contributed by atoms with Gasteiger partial charge in [-0.3, -0.25) is 14.6 Å². The normalized spacial score (nSPS) is 15.7. The molecule has 0 unspecified atom stereocenters. The molecule has 2 aromatic heterocycles. The molecule has 2 aliphatic heterocycles. The molecule has 238 valence electrons. The first-order chi connectivity index (χ1) is 23.6. The van der Waals surface area contributed by atoms with Crippen molar-refractivity contribution >= 4 is 34.5 Å². The SMILES string of the molecule is COc1cc(C(=O)N2Cc3ccc(C(=O)N4CCN(c5ccncc5)CC4)n3C=C3C=CCC=C32)ccc1-c1cccc2ccccc12. The van der Waals surface area contributed by atoms with Crippen molar-refractivity contribution in [1.82, 2.24) is 19.4 Å². The Morgan fingerprint density at radius 1 is 0.812 bits per heavy atom. The van der Waals surface area contributed by atoms with Gasteiger partial charge in [0.15, 0.2) is 0 Å². The van der Waals surface area contributed by atoms with Gasteiger partial charge in [-0.2, -0.15) is 0 Å². The maximum absolute atomic E-state index is 14.4. The number of pyridine rings is 1. The summed E-state index contributed by atoms with van der Waals surface area (Å²) in [5.74, 6) is 0.506. The number of anilines is 1. The lowest BCUT2D eigenvalue weighted by atomic mass is 9.96. The third kappa shape index (κ3) is 5.25. The van der Waals surface area contributed by atoms with E-state index in [2.05, 4.69) is 46.3 Å². The van der Waals surface area contributed by atoms with Crippen LogP contribution in [-0.2, 0) is 6.54 Å². The van der Waals surface area contributed by atoms with Gasteiger partial charge in [-0.1, -0.05) is 60.7 Å². The zero-order valence-corrected chi connectivity index (χ0v) is 26.8. The van der Waals surface area contributed by atoms with Crippen molar-refractivity contribution in [2.45, 2.75) is 13.0 Å². The Morgan fingerprint density at radius 3 is 2.46 bits per heavy atom. The number of benzene rings is 3. The van der Waals surface area contributed by atoms with Crippen molar-refractivity contribution < 1.29 is 14.3 Å². The van der Waals surface area contributed by atoms with E-state index in [9.17, 15) is 9.59 Å². The Labute approximate surface area is 279 Å². The highest BCUT2D eigenvalue weighted by Crippen LogP contribution is 2.37. The highest BCUT2D eigenvalue weighted by molar-refractivity contribution is 6.01. The first-order valence-corrected chi connectivity index (χ1v) is 16.3.